The third kappa shape index (κ3) is 2.31. The maximum atomic E-state index is 11.8. The normalized spacial score (nSPS) is 20.2. The Hall–Kier alpha value is -0.870. The van der Waals surface area contributed by atoms with Crippen molar-refractivity contribution in [1.82, 2.24) is 0 Å². The minimum absolute atomic E-state index is 0.0164. The SMILES string of the molecule is CCC(N)C(CC(=O)OC)(c1cccs1)C1CC1. The topological polar surface area (TPSA) is 52.3 Å². The molecule has 0 amide bonds. The van der Waals surface area contributed by atoms with Crippen LogP contribution in [0.5, 0.6) is 0 Å². The van der Waals surface area contributed by atoms with Crippen LogP contribution in [0.1, 0.15) is 37.5 Å². The van der Waals surface area contributed by atoms with Gasteiger partial charge in [0.15, 0.2) is 0 Å². The predicted molar refractivity (Wildman–Crippen MR) is 73.6 cm³/mol. The van der Waals surface area contributed by atoms with Crippen molar-refractivity contribution in [3.63, 3.8) is 0 Å². The molecule has 2 atom stereocenters. The summed E-state index contributed by atoms with van der Waals surface area (Å²) >= 11 is 1.71. The Morgan fingerprint density at radius 3 is 2.83 bits per heavy atom. The highest BCUT2D eigenvalue weighted by molar-refractivity contribution is 7.10. The Kier molecular flexibility index (Phi) is 4.07. The molecule has 1 fully saturated rings. The summed E-state index contributed by atoms with van der Waals surface area (Å²) in [6.45, 7) is 2.09. The molecule has 2 rings (SSSR count). The van der Waals surface area contributed by atoms with Gasteiger partial charge in [-0.1, -0.05) is 13.0 Å². The summed E-state index contributed by atoms with van der Waals surface area (Å²) in [5.41, 5.74) is 6.17. The van der Waals surface area contributed by atoms with Gasteiger partial charge < -0.3 is 10.5 Å². The van der Waals surface area contributed by atoms with E-state index in [1.165, 1.54) is 24.8 Å². The Bertz CT molecular complexity index is 400. The molecular weight excluding hydrogens is 246 g/mol. The van der Waals surface area contributed by atoms with Crippen LogP contribution in [0.4, 0.5) is 0 Å². The van der Waals surface area contributed by atoms with Crippen LogP contribution >= 0.6 is 11.3 Å². The van der Waals surface area contributed by atoms with Crippen LogP contribution < -0.4 is 5.73 Å². The first-order valence-corrected chi connectivity index (χ1v) is 7.39. The van der Waals surface area contributed by atoms with E-state index in [9.17, 15) is 4.79 Å². The highest BCUT2D eigenvalue weighted by Gasteiger charge is 2.51. The predicted octanol–water partition coefficient (Wildman–Crippen LogP) is 2.70. The van der Waals surface area contributed by atoms with E-state index in [4.69, 9.17) is 10.5 Å². The highest BCUT2D eigenvalue weighted by Crippen LogP contribution is 2.53. The number of carbonyl (C=O) groups is 1. The van der Waals surface area contributed by atoms with E-state index >= 15 is 0 Å². The van der Waals surface area contributed by atoms with E-state index in [0.29, 0.717) is 12.3 Å². The van der Waals surface area contributed by atoms with Crippen LogP contribution in [0.25, 0.3) is 0 Å². The monoisotopic (exact) mass is 267 g/mol. The van der Waals surface area contributed by atoms with E-state index in [1.54, 1.807) is 11.3 Å². The Morgan fingerprint density at radius 1 is 1.67 bits per heavy atom. The number of hydrogen-bond acceptors (Lipinski definition) is 4. The molecular formula is C14H21NO2S. The van der Waals surface area contributed by atoms with Gasteiger partial charge in [0.05, 0.1) is 13.5 Å². The van der Waals surface area contributed by atoms with Gasteiger partial charge in [0.2, 0.25) is 0 Å². The maximum Gasteiger partial charge on any atom is 0.306 e. The lowest BCUT2D eigenvalue weighted by Gasteiger charge is -2.37. The zero-order valence-electron chi connectivity index (χ0n) is 11.0. The van der Waals surface area contributed by atoms with Crippen molar-refractivity contribution in [3.05, 3.63) is 22.4 Å². The summed E-state index contributed by atoms with van der Waals surface area (Å²) in [6, 6.07) is 4.17. The quantitative estimate of drug-likeness (QED) is 0.806. The van der Waals surface area contributed by atoms with Crippen molar-refractivity contribution < 1.29 is 9.53 Å². The van der Waals surface area contributed by atoms with Crippen molar-refractivity contribution in [2.24, 2.45) is 11.7 Å². The number of ether oxygens (including phenoxy) is 1. The van der Waals surface area contributed by atoms with Crippen molar-refractivity contribution >= 4 is 17.3 Å². The molecule has 1 aliphatic carbocycles. The molecule has 1 aromatic rings. The molecule has 2 N–H and O–H groups in total. The number of carbonyl (C=O) groups excluding carboxylic acids is 1. The van der Waals surface area contributed by atoms with Gasteiger partial charge in [0.25, 0.3) is 0 Å². The van der Waals surface area contributed by atoms with Crippen LogP contribution in [-0.2, 0) is 14.9 Å². The molecule has 0 aliphatic heterocycles. The van der Waals surface area contributed by atoms with Crippen molar-refractivity contribution in [2.75, 3.05) is 7.11 Å². The van der Waals surface area contributed by atoms with E-state index in [0.717, 1.165) is 6.42 Å². The van der Waals surface area contributed by atoms with E-state index in [1.807, 2.05) is 6.07 Å². The lowest BCUT2D eigenvalue weighted by atomic mass is 9.71. The van der Waals surface area contributed by atoms with Gasteiger partial charge in [0.1, 0.15) is 0 Å². The molecule has 1 aromatic heterocycles. The molecule has 0 saturated heterocycles. The summed E-state index contributed by atoms with van der Waals surface area (Å²) < 4.78 is 4.89. The Labute approximate surface area is 112 Å². The average Bonchev–Trinajstić information content (AvgIpc) is 3.10. The fourth-order valence-electron chi connectivity index (χ4n) is 2.87. The fourth-order valence-corrected chi connectivity index (χ4v) is 3.94. The minimum atomic E-state index is -0.212. The smallest absolute Gasteiger partial charge is 0.306 e. The minimum Gasteiger partial charge on any atom is -0.469 e. The number of rotatable bonds is 6. The van der Waals surface area contributed by atoms with Gasteiger partial charge in [-0.3, -0.25) is 4.79 Å². The molecule has 100 valence electrons. The summed E-state index contributed by atoms with van der Waals surface area (Å²) in [5, 5.41) is 2.06. The third-order valence-electron chi connectivity index (χ3n) is 4.05. The van der Waals surface area contributed by atoms with Crippen molar-refractivity contribution in [1.29, 1.82) is 0 Å². The summed E-state index contributed by atoms with van der Waals surface area (Å²) in [7, 11) is 1.45. The van der Waals surface area contributed by atoms with Gasteiger partial charge in [-0.25, -0.2) is 0 Å². The van der Waals surface area contributed by atoms with E-state index in [-0.39, 0.29) is 17.4 Å². The lowest BCUT2D eigenvalue weighted by Crippen LogP contribution is -2.48. The molecule has 0 radical (unpaired) electrons. The summed E-state index contributed by atoms with van der Waals surface area (Å²) in [4.78, 5) is 13.0. The molecule has 0 bridgehead atoms. The van der Waals surface area contributed by atoms with Gasteiger partial charge >= 0.3 is 5.97 Å². The first-order valence-electron chi connectivity index (χ1n) is 6.51. The molecule has 2 unspecified atom stereocenters. The number of hydrogen-bond donors (Lipinski definition) is 1. The number of esters is 1. The van der Waals surface area contributed by atoms with Crippen LogP contribution in [0.2, 0.25) is 0 Å². The average molecular weight is 267 g/mol. The second-order valence-corrected chi connectivity index (χ2v) is 6.01. The highest BCUT2D eigenvalue weighted by atomic mass is 32.1. The Morgan fingerprint density at radius 2 is 2.39 bits per heavy atom. The van der Waals surface area contributed by atoms with E-state index < -0.39 is 0 Å². The standard InChI is InChI=1S/C14H21NO2S/c1-3-11(15)14(10-6-7-10,9-13(16)17-2)12-5-4-8-18-12/h4-5,8,10-11H,3,6-7,9,15H2,1-2H3. The number of thiophene rings is 1. The first-order chi connectivity index (χ1) is 8.65. The number of nitrogens with two attached hydrogens (primary N) is 1. The maximum absolute atomic E-state index is 11.8. The zero-order chi connectivity index (χ0) is 13.2. The van der Waals surface area contributed by atoms with Crippen molar-refractivity contribution in [2.45, 2.75) is 44.1 Å². The summed E-state index contributed by atoms with van der Waals surface area (Å²) in [5.74, 6) is 0.379. The molecule has 1 aliphatic rings. The largest absolute Gasteiger partial charge is 0.469 e. The van der Waals surface area contributed by atoms with Crippen molar-refractivity contribution in [3.8, 4) is 0 Å². The van der Waals surface area contributed by atoms with Crippen LogP contribution in [0, 0.1) is 5.92 Å². The third-order valence-corrected chi connectivity index (χ3v) is 5.12. The second-order valence-electron chi connectivity index (χ2n) is 5.06. The molecule has 4 heteroatoms. The van der Waals surface area contributed by atoms with Crippen LogP contribution in [-0.4, -0.2) is 19.1 Å². The molecule has 0 spiro atoms. The molecule has 1 heterocycles. The van der Waals surface area contributed by atoms with E-state index in [2.05, 4.69) is 18.4 Å². The van der Waals surface area contributed by atoms with Gasteiger partial charge in [0, 0.05) is 16.3 Å². The van der Waals surface area contributed by atoms with Gasteiger partial charge in [-0.2, -0.15) is 0 Å². The second kappa shape index (κ2) is 5.41. The zero-order valence-corrected chi connectivity index (χ0v) is 11.8. The molecule has 3 nitrogen and oxygen atoms in total. The lowest BCUT2D eigenvalue weighted by molar-refractivity contribution is -0.142. The van der Waals surface area contributed by atoms with Gasteiger partial charge in [-0.15, -0.1) is 11.3 Å². The van der Waals surface area contributed by atoms with Gasteiger partial charge in [-0.05, 0) is 36.6 Å². The van der Waals surface area contributed by atoms with Crippen LogP contribution in [0.3, 0.4) is 0 Å². The Balaban J connectivity index is 2.38. The van der Waals surface area contributed by atoms with Crippen LogP contribution in [0.15, 0.2) is 17.5 Å². The molecule has 1 saturated carbocycles. The molecule has 18 heavy (non-hydrogen) atoms. The number of methoxy groups -OCH3 is 1. The fraction of sp³-hybridized carbons (Fsp3) is 0.643. The first kappa shape index (κ1) is 13.6. The summed E-state index contributed by atoms with van der Waals surface area (Å²) in [6.07, 6.45) is 3.63. The molecule has 0 aromatic carbocycles.